The summed E-state index contributed by atoms with van der Waals surface area (Å²) in [5.74, 6) is 2.59. The lowest BCUT2D eigenvalue weighted by Gasteiger charge is -2.36. The van der Waals surface area contributed by atoms with Gasteiger partial charge in [-0.2, -0.15) is 0 Å². The van der Waals surface area contributed by atoms with E-state index in [1.807, 2.05) is 0 Å². The summed E-state index contributed by atoms with van der Waals surface area (Å²) in [6.07, 6.45) is 4.18. The van der Waals surface area contributed by atoms with Crippen LogP contribution in [0.15, 0.2) is 10.2 Å². The molecule has 0 aliphatic heterocycles. The highest BCUT2D eigenvalue weighted by Gasteiger charge is 2.35. The molecule has 2 fully saturated rings. The molecular formula is C22H38N2O4. The van der Waals surface area contributed by atoms with E-state index in [9.17, 15) is 9.59 Å². The van der Waals surface area contributed by atoms with Crippen LogP contribution in [0.25, 0.3) is 0 Å². The number of carbonyl (C=O) groups excluding carboxylic acids is 2. The maximum absolute atomic E-state index is 12.1. The first kappa shape index (κ1) is 22.8. The van der Waals surface area contributed by atoms with E-state index in [0.717, 1.165) is 38.5 Å². The molecule has 0 aromatic heterocycles. The van der Waals surface area contributed by atoms with Gasteiger partial charge in [-0.25, -0.2) is 9.59 Å². The van der Waals surface area contributed by atoms with Gasteiger partial charge in [0.2, 0.25) is 0 Å². The second-order valence-electron chi connectivity index (χ2n) is 9.70. The average Bonchev–Trinajstić information content (AvgIpc) is 2.59. The van der Waals surface area contributed by atoms with Gasteiger partial charge in [0.1, 0.15) is 12.2 Å². The van der Waals surface area contributed by atoms with Crippen LogP contribution in [0.5, 0.6) is 0 Å². The van der Waals surface area contributed by atoms with E-state index < -0.39 is 12.2 Å². The maximum Gasteiger partial charge on any atom is 0.452 e. The molecule has 0 aromatic rings. The molecule has 160 valence electrons. The summed E-state index contributed by atoms with van der Waals surface area (Å²) in [4.78, 5) is 24.2. The Morgan fingerprint density at radius 3 is 1.39 bits per heavy atom. The Labute approximate surface area is 169 Å². The lowest BCUT2D eigenvalue weighted by molar-refractivity contribution is 0.00559. The Hall–Kier alpha value is -1.46. The van der Waals surface area contributed by atoms with Gasteiger partial charge in [-0.15, -0.1) is 0 Å². The fraction of sp³-hybridized carbons (Fsp3) is 0.909. The van der Waals surface area contributed by atoms with E-state index in [-0.39, 0.29) is 12.2 Å². The van der Waals surface area contributed by atoms with Crippen molar-refractivity contribution in [2.24, 2.45) is 45.7 Å². The summed E-state index contributed by atoms with van der Waals surface area (Å²) >= 11 is 0. The molecule has 28 heavy (non-hydrogen) atoms. The minimum absolute atomic E-state index is 0.157. The van der Waals surface area contributed by atoms with Crippen LogP contribution in [-0.4, -0.2) is 24.4 Å². The van der Waals surface area contributed by atoms with Gasteiger partial charge in [0.25, 0.3) is 0 Å². The molecule has 6 heteroatoms. The molecule has 2 aliphatic rings. The molecule has 0 N–H and O–H groups in total. The monoisotopic (exact) mass is 394 g/mol. The van der Waals surface area contributed by atoms with Crippen molar-refractivity contribution in [1.29, 1.82) is 0 Å². The number of carbonyl (C=O) groups is 2. The molecule has 0 saturated heterocycles. The van der Waals surface area contributed by atoms with E-state index in [4.69, 9.17) is 9.47 Å². The molecule has 0 aromatic carbocycles. The summed E-state index contributed by atoms with van der Waals surface area (Å²) in [7, 11) is 0. The molecule has 0 spiro atoms. The summed E-state index contributed by atoms with van der Waals surface area (Å²) in [5.41, 5.74) is 0. The molecule has 2 amide bonds. The van der Waals surface area contributed by atoms with E-state index in [0.29, 0.717) is 35.5 Å². The smallest absolute Gasteiger partial charge is 0.443 e. The summed E-state index contributed by atoms with van der Waals surface area (Å²) in [5, 5.41) is 6.96. The third-order valence-corrected chi connectivity index (χ3v) is 6.64. The van der Waals surface area contributed by atoms with Crippen molar-refractivity contribution >= 4 is 12.2 Å². The van der Waals surface area contributed by atoms with Crippen LogP contribution < -0.4 is 0 Å². The lowest BCUT2D eigenvalue weighted by Crippen LogP contribution is -2.35. The first-order valence-electron chi connectivity index (χ1n) is 11.0. The number of nitrogens with zero attached hydrogens (tertiary/aromatic N) is 2. The largest absolute Gasteiger partial charge is 0.452 e. The third kappa shape index (κ3) is 6.56. The van der Waals surface area contributed by atoms with E-state index in [1.165, 1.54) is 0 Å². The average molecular weight is 395 g/mol. The van der Waals surface area contributed by atoms with Gasteiger partial charge in [0, 0.05) is 0 Å². The number of rotatable bonds is 4. The van der Waals surface area contributed by atoms with E-state index >= 15 is 0 Å². The van der Waals surface area contributed by atoms with Crippen LogP contribution in [-0.2, 0) is 9.47 Å². The van der Waals surface area contributed by atoms with Gasteiger partial charge in [0.15, 0.2) is 0 Å². The summed E-state index contributed by atoms with van der Waals surface area (Å²) in [6, 6.07) is 0. The Bertz CT molecular complexity index is 513. The first-order valence-corrected chi connectivity index (χ1v) is 11.0. The highest BCUT2D eigenvalue weighted by molar-refractivity contribution is 5.73. The standard InChI is InChI=1S/C22H38N2O4/c1-13(2)17-9-7-15(5)11-19(17)27-21(25)23-24-22(26)28-20-12-16(6)8-10-18(20)14(3)4/h13-20H,7-12H2,1-6H3/b24-23+/t15-,16-,17+,18+,19-,20-/m0/s1. The highest BCUT2D eigenvalue weighted by Crippen LogP contribution is 2.36. The van der Waals surface area contributed by atoms with Crippen molar-refractivity contribution in [3.05, 3.63) is 0 Å². The fourth-order valence-corrected chi connectivity index (χ4v) is 4.89. The maximum atomic E-state index is 12.1. The number of hydrogen-bond acceptors (Lipinski definition) is 4. The van der Waals surface area contributed by atoms with E-state index in [1.54, 1.807) is 0 Å². The second kappa shape index (κ2) is 10.4. The second-order valence-corrected chi connectivity index (χ2v) is 9.70. The SMILES string of the molecule is CC(C)[C@H]1CC[C@H](C)C[C@@H]1OC(=O)/N=N/C(=O)O[C@H]1C[C@@H](C)CC[C@@H]1C(C)C. The van der Waals surface area contributed by atoms with Crippen LogP contribution in [0, 0.1) is 35.5 Å². The quantitative estimate of drug-likeness (QED) is 0.501. The van der Waals surface area contributed by atoms with Crippen LogP contribution in [0.1, 0.15) is 80.1 Å². The molecule has 2 saturated carbocycles. The normalized spacial score (nSPS) is 34.0. The minimum Gasteiger partial charge on any atom is -0.443 e. The van der Waals surface area contributed by atoms with Gasteiger partial charge in [-0.05, 0) is 61.2 Å². The predicted octanol–water partition coefficient (Wildman–Crippen LogP) is 6.63. The fourth-order valence-electron chi connectivity index (χ4n) is 4.89. The Morgan fingerprint density at radius 2 is 1.07 bits per heavy atom. The molecule has 0 radical (unpaired) electrons. The van der Waals surface area contributed by atoms with Crippen molar-refractivity contribution in [3.8, 4) is 0 Å². The van der Waals surface area contributed by atoms with Crippen molar-refractivity contribution in [2.45, 2.75) is 92.3 Å². The van der Waals surface area contributed by atoms with Gasteiger partial charge in [-0.3, -0.25) is 0 Å². The molecule has 2 rings (SSSR count). The minimum atomic E-state index is -0.792. The van der Waals surface area contributed by atoms with Gasteiger partial charge in [0.05, 0.1) is 0 Å². The van der Waals surface area contributed by atoms with Crippen molar-refractivity contribution in [3.63, 3.8) is 0 Å². The number of ether oxygens (including phenoxy) is 2. The van der Waals surface area contributed by atoms with Crippen LogP contribution in [0.2, 0.25) is 0 Å². The highest BCUT2D eigenvalue weighted by atomic mass is 16.6. The molecule has 2 aliphatic carbocycles. The zero-order valence-corrected chi connectivity index (χ0v) is 18.4. The van der Waals surface area contributed by atoms with Crippen LogP contribution >= 0.6 is 0 Å². The number of amides is 2. The third-order valence-electron chi connectivity index (χ3n) is 6.64. The van der Waals surface area contributed by atoms with Crippen LogP contribution in [0.3, 0.4) is 0 Å². The molecule has 0 unspecified atom stereocenters. The van der Waals surface area contributed by atoms with Gasteiger partial charge < -0.3 is 9.47 Å². The van der Waals surface area contributed by atoms with Gasteiger partial charge >= 0.3 is 12.2 Å². The summed E-state index contributed by atoms with van der Waals surface area (Å²) in [6.45, 7) is 12.9. The zero-order chi connectivity index (χ0) is 20.8. The molecular weight excluding hydrogens is 356 g/mol. The van der Waals surface area contributed by atoms with Crippen molar-refractivity contribution in [2.75, 3.05) is 0 Å². The predicted molar refractivity (Wildman–Crippen MR) is 108 cm³/mol. The molecule has 0 heterocycles. The lowest BCUT2D eigenvalue weighted by atomic mass is 9.75. The van der Waals surface area contributed by atoms with Crippen molar-refractivity contribution < 1.29 is 19.1 Å². The first-order chi connectivity index (χ1) is 13.2. The summed E-state index contributed by atoms with van der Waals surface area (Å²) < 4.78 is 11.1. The Morgan fingerprint density at radius 1 is 0.714 bits per heavy atom. The molecule has 6 atom stereocenters. The van der Waals surface area contributed by atoms with E-state index in [2.05, 4.69) is 51.8 Å². The molecule has 0 bridgehead atoms. The Balaban J connectivity index is 1.89. The topological polar surface area (TPSA) is 77.3 Å². The van der Waals surface area contributed by atoms with Crippen molar-refractivity contribution in [1.82, 2.24) is 0 Å². The molecule has 6 nitrogen and oxygen atoms in total. The zero-order valence-electron chi connectivity index (χ0n) is 18.4. The van der Waals surface area contributed by atoms with Crippen LogP contribution in [0.4, 0.5) is 9.59 Å². The number of hydrogen-bond donors (Lipinski definition) is 0. The number of azo groups is 1. The van der Waals surface area contributed by atoms with Gasteiger partial charge in [-0.1, -0.05) is 64.6 Å². The Kier molecular flexibility index (Phi) is 8.44.